The molecule has 168 valence electrons. The maximum Gasteiger partial charge on any atom is -0.0169 e. The normalized spacial score (nSPS) is 23.8. The van der Waals surface area contributed by atoms with E-state index >= 15 is 0 Å². The maximum absolute atomic E-state index is 2.55. The molecule has 0 heteroatoms. The highest BCUT2D eigenvalue weighted by Crippen LogP contribution is 2.31. The van der Waals surface area contributed by atoms with E-state index in [0.29, 0.717) is 11.3 Å². The molecule has 0 spiro atoms. The summed E-state index contributed by atoms with van der Waals surface area (Å²) in [4.78, 5) is 0. The molecule has 0 radical (unpaired) electrons. The molecule has 0 aliphatic heterocycles. The molecule has 0 saturated heterocycles. The molecule has 1 aliphatic carbocycles. The molecule has 0 aromatic heterocycles. The zero-order valence-electron chi connectivity index (χ0n) is 21.0. The fraction of sp³-hybridized carbons (Fsp3) is 0.793. The van der Waals surface area contributed by atoms with Crippen LogP contribution in [0.15, 0.2) is 36.0 Å². The molecule has 1 aliphatic rings. The second kappa shape index (κ2) is 14.3. The summed E-state index contributed by atoms with van der Waals surface area (Å²) in [5, 5.41) is 0. The van der Waals surface area contributed by atoms with Crippen molar-refractivity contribution in [2.45, 2.75) is 119 Å². The predicted molar refractivity (Wildman–Crippen MR) is 133 cm³/mol. The average Bonchev–Trinajstić information content (AvgIpc) is 2.65. The third kappa shape index (κ3) is 13.2. The average molecular weight is 401 g/mol. The lowest BCUT2D eigenvalue weighted by Gasteiger charge is -2.25. The lowest BCUT2D eigenvalue weighted by atomic mass is 9.81. The van der Waals surface area contributed by atoms with Gasteiger partial charge in [-0.2, -0.15) is 0 Å². The molecule has 4 unspecified atom stereocenters. The number of rotatable bonds is 9. The minimum atomic E-state index is 0.478. The van der Waals surface area contributed by atoms with Crippen LogP contribution in [0.5, 0.6) is 0 Å². The molecule has 4 atom stereocenters. The molecule has 29 heavy (non-hydrogen) atoms. The molecule has 0 fully saturated rings. The summed E-state index contributed by atoms with van der Waals surface area (Å²) in [5.41, 5.74) is 2.13. The zero-order chi connectivity index (χ0) is 21.7. The SMILES string of the molecule is CCC1=CCCC(CCC(C)CC(CC)CCC(C)(C)C)C=CCC=CC(C)C1. The molecule has 0 amide bonds. The summed E-state index contributed by atoms with van der Waals surface area (Å²) < 4.78 is 0. The van der Waals surface area contributed by atoms with Crippen LogP contribution in [0.25, 0.3) is 0 Å². The summed E-state index contributed by atoms with van der Waals surface area (Å²) in [6.07, 6.45) is 26.7. The third-order valence-corrected chi connectivity index (χ3v) is 6.80. The Bertz CT molecular complexity index is 499. The van der Waals surface area contributed by atoms with E-state index in [1.54, 1.807) is 5.57 Å². The van der Waals surface area contributed by atoms with Crippen molar-refractivity contribution in [3.05, 3.63) is 36.0 Å². The zero-order valence-corrected chi connectivity index (χ0v) is 21.0. The van der Waals surface area contributed by atoms with Crippen LogP contribution in [0.3, 0.4) is 0 Å². The molecular formula is C29H52. The van der Waals surface area contributed by atoms with E-state index in [-0.39, 0.29) is 0 Å². The van der Waals surface area contributed by atoms with Crippen molar-refractivity contribution in [2.75, 3.05) is 0 Å². The van der Waals surface area contributed by atoms with Gasteiger partial charge in [0, 0.05) is 0 Å². The first-order chi connectivity index (χ1) is 13.7. The van der Waals surface area contributed by atoms with Crippen molar-refractivity contribution in [3.63, 3.8) is 0 Å². The molecular weight excluding hydrogens is 348 g/mol. The fourth-order valence-corrected chi connectivity index (χ4v) is 4.66. The van der Waals surface area contributed by atoms with Gasteiger partial charge in [-0.05, 0) is 86.9 Å². The number of hydrogen-bond donors (Lipinski definition) is 0. The smallest absolute Gasteiger partial charge is 0.0169 e. The molecule has 0 aromatic carbocycles. The maximum atomic E-state index is 2.55. The molecule has 0 nitrogen and oxygen atoms in total. The van der Waals surface area contributed by atoms with Crippen molar-refractivity contribution < 1.29 is 0 Å². The Morgan fingerprint density at radius 3 is 2.45 bits per heavy atom. The third-order valence-electron chi connectivity index (χ3n) is 6.80. The van der Waals surface area contributed by atoms with Crippen LogP contribution in [0.4, 0.5) is 0 Å². The second-order valence-corrected chi connectivity index (χ2v) is 11.1. The van der Waals surface area contributed by atoms with Crippen molar-refractivity contribution in [3.8, 4) is 0 Å². The van der Waals surface area contributed by atoms with Crippen LogP contribution in [-0.4, -0.2) is 0 Å². The van der Waals surface area contributed by atoms with Crippen molar-refractivity contribution in [2.24, 2.45) is 29.1 Å². The summed E-state index contributed by atoms with van der Waals surface area (Å²) in [7, 11) is 0. The molecule has 1 rings (SSSR count). The molecule has 0 saturated carbocycles. The van der Waals surface area contributed by atoms with E-state index in [0.717, 1.165) is 24.2 Å². The van der Waals surface area contributed by atoms with Gasteiger partial charge < -0.3 is 0 Å². The van der Waals surface area contributed by atoms with E-state index in [9.17, 15) is 0 Å². The van der Waals surface area contributed by atoms with Gasteiger partial charge in [0.1, 0.15) is 0 Å². The second-order valence-electron chi connectivity index (χ2n) is 11.1. The molecule has 0 heterocycles. The number of allylic oxidation sites excluding steroid dienone is 6. The van der Waals surface area contributed by atoms with Crippen LogP contribution in [0, 0.1) is 29.1 Å². The monoisotopic (exact) mass is 400 g/mol. The standard InChI is InChI=1S/C29H52/c1-8-26-16-13-17-28(15-12-10-11-14-24(3)22-26)19-18-25(4)23-27(9-2)20-21-29(5,6)7/h11-12,14-16,24-25,27-28H,8-10,13,17-23H2,1-7H3. The van der Waals surface area contributed by atoms with Crippen LogP contribution >= 0.6 is 0 Å². The van der Waals surface area contributed by atoms with E-state index in [1.807, 2.05) is 0 Å². The first-order valence-electron chi connectivity index (χ1n) is 12.7. The predicted octanol–water partition coefficient (Wildman–Crippen LogP) is 9.92. The Morgan fingerprint density at radius 1 is 1.07 bits per heavy atom. The van der Waals surface area contributed by atoms with Gasteiger partial charge in [0.2, 0.25) is 0 Å². The van der Waals surface area contributed by atoms with Crippen molar-refractivity contribution in [1.29, 1.82) is 0 Å². The van der Waals surface area contributed by atoms with Gasteiger partial charge in [-0.3, -0.25) is 0 Å². The van der Waals surface area contributed by atoms with E-state index < -0.39 is 0 Å². The van der Waals surface area contributed by atoms with Gasteiger partial charge >= 0.3 is 0 Å². The van der Waals surface area contributed by atoms with Gasteiger partial charge in [0.15, 0.2) is 0 Å². The Kier molecular flexibility index (Phi) is 12.9. The topological polar surface area (TPSA) is 0 Å². The van der Waals surface area contributed by atoms with Gasteiger partial charge in [0.05, 0.1) is 0 Å². The minimum absolute atomic E-state index is 0.478. The fourth-order valence-electron chi connectivity index (χ4n) is 4.66. The summed E-state index contributed by atoms with van der Waals surface area (Å²) >= 11 is 0. The summed E-state index contributed by atoms with van der Waals surface area (Å²) in [6.45, 7) is 16.7. The largest absolute Gasteiger partial charge is 0.0853 e. The Labute approximate surface area is 184 Å². The summed E-state index contributed by atoms with van der Waals surface area (Å²) in [6, 6.07) is 0. The first kappa shape index (κ1) is 26.3. The minimum Gasteiger partial charge on any atom is -0.0853 e. The van der Waals surface area contributed by atoms with Crippen LogP contribution < -0.4 is 0 Å². The molecule has 0 bridgehead atoms. The van der Waals surface area contributed by atoms with Gasteiger partial charge in [-0.15, -0.1) is 0 Å². The van der Waals surface area contributed by atoms with Gasteiger partial charge in [0.25, 0.3) is 0 Å². The van der Waals surface area contributed by atoms with Crippen molar-refractivity contribution >= 4 is 0 Å². The summed E-state index contributed by atoms with van der Waals surface area (Å²) in [5.74, 6) is 3.21. The van der Waals surface area contributed by atoms with E-state index in [1.165, 1.54) is 64.2 Å². The lowest BCUT2D eigenvalue weighted by molar-refractivity contribution is 0.276. The highest BCUT2D eigenvalue weighted by molar-refractivity contribution is 5.07. The highest BCUT2D eigenvalue weighted by atomic mass is 14.2. The van der Waals surface area contributed by atoms with Crippen LogP contribution in [0.1, 0.15) is 119 Å². The Morgan fingerprint density at radius 2 is 1.79 bits per heavy atom. The highest BCUT2D eigenvalue weighted by Gasteiger charge is 2.17. The van der Waals surface area contributed by atoms with E-state index in [4.69, 9.17) is 0 Å². The Hall–Kier alpha value is -0.780. The molecule has 0 N–H and O–H groups in total. The van der Waals surface area contributed by atoms with Gasteiger partial charge in [-0.1, -0.05) is 97.3 Å². The molecule has 0 aromatic rings. The quantitative estimate of drug-likeness (QED) is 0.338. The number of hydrogen-bond acceptors (Lipinski definition) is 0. The first-order valence-corrected chi connectivity index (χ1v) is 12.7. The van der Waals surface area contributed by atoms with Crippen molar-refractivity contribution in [1.82, 2.24) is 0 Å². The van der Waals surface area contributed by atoms with Gasteiger partial charge in [-0.25, -0.2) is 0 Å². The Balaban J connectivity index is 2.55. The van der Waals surface area contributed by atoms with Crippen LogP contribution in [0.2, 0.25) is 0 Å². The van der Waals surface area contributed by atoms with E-state index in [2.05, 4.69) is 78.8 Å². The lowest BCUT2D eigenvalue weighted by Crippen LogP contribution is -2.12. The van der Waals surface area contributed by atoms with Crippen LogP contribution in [-0.2, 0) is 0 Å².